The van der Waals surface area contributed by atoms with Gasteiger partial charge in [0.2, 0.25) is 0 Å². The molecular weight excluding hydrogens is 1420 g/mol. The predicted molar refractivity (Wildman–Crippen MR) is 509 cm³/mol. The molecule has 23 aromatic rings. The third-order valence-corrected chi connectivity index (χ3v) is 24.0. The van der Waals surface area contributed by atoms with Crippen LogP contribution in [0.25, 0.3) is 219 Å². The molecule has 0 aliphatic heterocycles. The molecule has 0 N–H and O–H groups in total. The second-order valence-corrected chi connectivity index (χ2v) is 30.7. The quantitative estimate of drug-likeness (QED) is 0.120. The van der Waals surface area contributed by atoms with Gasteiger partial charge in [0.05, 0.1) is 0 Å². The van der Waals surface area contributed by atoms with Crippen molar-refractivity contribution < 1.29 is 0 Å². The largest absolute Gasteiger partial charge is 0.0622 e. The fourth-order valence-corrected chi connectivity index (χ4v) is 18.7. The summed E-state index contributed by atoms with van der Waals surface area (Å²) in [5, 5.41) is 25.5. The SMILES string of the molecule is c1ccc(-c2cc(-c3c4ccccc4c(-c4cccc5ccccc45)c4ccccc34)c3ccccc3c2)cc1.c1ccc(-c2cc(-c3c4ccccc4c(-c4ccccc4)c4ccccc34)c3ccccc3c2)cc1.c1ccc(-c2ccc(-c3c4ccccc4c(-c4ccc(-c5ccccc5)c5ccccc45)c4ccccc34)cc2)cc1. The maximum Gasteiger partial charge on any atom is -0.00199 e. The Hall–Kier alpha value is -15.3. The van der Waals surface area contributed by atoms with Crippen molar-refractivity contribution in [2.75, 3.05) is 0 Å². The number of hydrogen-bond acceptors (Lipinski definition) is 0. The molecule has 0 spiro atoms. The summed E-state index contributed by atoms with van der Waals surface area (Å²) in [6.45, 7) is 0. The standard InChI is InChI=1S/C42H28.C40H26.C36H24/c1-3-13-29(14-4-1)30-23-25-32(26-24-30)41-36-19-9-11-21-38(36)42(39-22-12-10-20-37(39)41)40-28-27-33(31-15-5-2-6-16-31)34-17-7-8-18-35(34)40;1-2-13-27(14-3-1)30-25-29-16-5-7-19-32(29)38(26-30)40-36-22-10-8-20-34(36)39(35-21-9-11-23-37(35)40)33-24-12-17-28-15-4-6-18-31(28)33;1-3-13-25(14-4-1)28-23-27-17-7-8-18-29(27)34(24-28)36-32-21-11-9-19-30(32)35(26-15-5-2-6-16-26)31-20-10-12-22-33(31)36/h1-28H;1-26H;1-24H. The van der Waals surface area contributed by atoms with E-state index in [1.54, 1.807) is 0 Å². The molecular formula is C118H78. The second kappa shape index (κ2) is 30.9. The minimum atomic E-state index is 1.23. The average molecular weight is 1500 g/mol. The Morgan fingerprint density at radius 1 is 0.0847 bits per heavy atom. The molecule has 0 radical (unpaired) electrons. The first-order valence-corrected chi connectivity index (χ1v) is 40.9. The zero-order valence-electron chi connectivity index (χ0n) is 65.0. The van der Waals surface area contributed by atoms with Crippen molar-refractivity contribution in [1.29, 1.82) is 0 Å². The molecule has 550 valence electrons. The van der Waals surface area contributed by atoms with Crippen molar-refractivity contribution in [2.45, 2.75) is 0 Å². The molecule has 0 bridgehead atoms. The highest BCUT2D eigenvalue weighted by atomic mass is 14.3. The molecule has 0 aromatic heterocycles. The Kier molecular flexibility index (Phi) is 18.4. The summed E-state index contributed by atoms with van der Waals surface area (Å²) in [5.41, 5.74) is 25.3. The first-order valence-electron chi connectivity index (χ1n) is 40.9. The lowest BCUT2D eigenvalue weighted by molar-refractivity contribution is 1.61. The van der Waals surface area contributed by atoms with Gasteiger partial charge >= 0.3 is 0 Å². The van der Waals surface area contributed by atoms with Crippen LogP contribution in [0, 0.1) is 0 Å². The van der Waals surface area contributed by atoms with Gasteiger partial charge in [0.15, 0.2) is 0 Å². The van der Waals surface area contributed by atoms with Crippen LogP contribution in [0.2, 0.25) is 0 Å². The first kappa shape index (κ1) is 70.5. The molecule has 118 heavy (non-hydrogen) atoms. The Morgan fingerprint density at radius 2 is 0.297 bits per heavy atom. The van der Waals surface area contributed by atoms with Crippen LogP contribution >= 0.6 is 0 Å². The Bertz CT molecular complexity index is 7560. The van der Waals surface area contributed by atoms with Crippen LogP contribution < -0.4 is 0 Å². The van der Waals surface area contributed by atoms with E-state index in [2.05, 4.69) is 473 Å². The van der Waals surface area contributed by atoms with Gasteiger partial charge in [-0.05, 0) is 243 Å². The van der Waals surface area contributed by atoms with E-state index in [-0.39, 0.29) is 0 Å². The number of fused-ring (bicyclic) bond motifs is 10. The molecule has 0 fully saturated rings. The minimum absolute atomic E-state index is 1.23. The average Bonchev–Trinajstić information content (AvgIpc) is 0.733. The van der Waals surface area contributed by atoms with Crippen LogP contribution in [0.3, 0.4) is 0 Å². The normalized spacial score (nSPS) is 11.4. The van der Waals surface area contributed by atoms with Crippen molar-refractivity contribution in [3.63, 3.8) is 0 Å². The molecule has 0 heterocycles. The van der Waals surface area contributed by atoms with Gasteiger partial charge < -0.3 is 0 Å². The van der Waals surface area contributed by atoms with Crippen LogP contribution in [-0.2, 0) is 0 Å². The molecule has 0 aliphatic carbocycles. The molecule has 23 rings (SSSR count). The fraction of sp³-hybridized carbons (Fsp3) is 0. The molecule has 0 atom stereocenters. The third kappa shape index (κ3) is 12.8. The van der Waals surface area contributed by atoms with Crippen molar-refractivity contribution >= 4 is 108 Å². The van der Waals surface area contributed by atoms with Gasteiger partial charge in [0.25, 0.3) is 0 Å². The zero-order valence-corrected chi connectivity index (χ0v) is 65.0. The highest BCUT2D eigenvalue weighted by molar-refractivity contribution is 6.28. The van der Waals surface area contributed by atoms with Crippen LogP contribution in [0.15, 0.2) is 473 Å². The molecule has 23 aromatic carbocycles. The summed E-state index contributed by atoms with van der Waals surface area (Å²) in [4.78, 5) is 0. The molecule has 0 nitrogen and oxygen atoms in total. The van der Waals surface area contributed by atoms with Gasteiger partial charge in [0.1, 0.15) is 0 Å². The van der Waals surface area contributed by atoms with E-state index < -0.39 is 0 Å². The van der Waals surface area contributed by atoms with E-state index in [9.17, 15) is 0 Å². The van der Waals surface area contributed by atoms with Crippen molar-refractivity contribution in [3.8, 4) is 111 Å². The van der Waals surface area contributed by atoms with Crippen LogP contribution in [0.1, 0.15) is 0 Å². The highest BCUT2D eigenvalue weighted by Gasteiger charge is 2.24. The zero-order chi connectivity index (χ0) is 78.2. The lowest BCUT2D eigenvalue weighted by Crippen LogP contribution is -1.93. The van der Waals surface area contributed by atoms with Gasteiger partial charge in [-0.1, -0.05) is 449 Å². The van der Waals surface area contributed by atoms with Gasteiger partial charge in [0, 0.05) is 0 Å². The number of rotatable bonds is 10. The molecule has 0 unspecified atom stereocenters. The monoisotopic (exact) mass is 1490 g/mol. The molecule has 0 amide bonds. The van der Waals surface area contributed by atoms with E-state index in [1.807, 2.05) is 0 Å². The summed E-state index contributed by atoms with van der Waals surface area (Å²) in [6.07, 6.45) is 0. The van der Waals surface area contributed by atoms with Gasteiger partial charge in [-0.15, -0.1) is 0 Å². The van der Waals surface area contributed by atoms with Crippen LogP contribution in [0.4, 0.5) is 0 Å². The smallest absolute Gasteiger partial charge is 0.00199 e. The molecule has 0 heteroatoms. The Labute approximate surface area is 687 Å². The third-order valence-electron chi connectivity index (χ3n) is 24.0. The van der Waals surface area contributed by atoms with E-state index in [4.69, 9.17) is 0 Å². The maximum absolute atomic E-state index is 2.39. The van der Waals surface area contributed by atoms with Crippen LogP contribution in [-0.4, -0.2) is 0 Å². The second-order valence-electron chi connectivity index (χ2n) is 30.7. The van der Waals surface area contributed by atoms with Crippen LogP contribution in [0.5, 0.6) is 0 Å². The highest BCUT2D eigenvalue weighted by Crippen LogP contribution is 2.52. The summed E-state index contributed by atoms with van der Waals surface area (Å²) < 4.78 is 0. The molecule has 0 saturated carbocycles. The predicted octanol–water partition coefficient (Wildman–Crippen LogP) is 33.3. The maximum atomic E-state index is 2.39. The van der Waals surface area contributed by atoms with E-state index in [1.165, 1.54) is 219 Å². The lowest BCUT2D eigenvalue weighted by atomic mass is 9.83. The Balaban J connectivity index is 0.000000110. The summed E-state index contributed by atoms with van der Waals surface area (Å²) in [6, 6.07) is 172. The van der Waals surface area contributed by atoms with Gasteiger partial charge in [-0.2, -0.15) is 0 Å². The van der Waals surface area contributed by atoms with E-state index in [0.717, 1.165) is 0 Å². The fourth-order valence-electron chi connectivity index (χ4n) is 18.7. The molecule has 0 aliphatic rings. The van der Waals surface area contributed by atoms with E-state index in [0.29, 0.717) is 0 Å². The van der Waals surface area contributed by atoms with Gasteiger partial charge in [-0.3, -0.25) is 0 Å². The topological polar surface area (TPSA) is 0 Å². The lowest BCUT2D eigenvalue weighted by Gasteiger charge is -2.20. The first-order chi connectivity index (χ1) is 58.6. The summed E-state index contributed by atoms with van der Waals surface area (Å²) in [7, 11) is 0. The summed E-state index contributed by atoms with van der Waals surface area (Å²) in [5.74, 6) is 0. The minimum Gasteiger partial charge on any atom is -0.0622 e. The number of hydrogen-bond donors (Lipinski definition) is 0. The van der Waals surface area contributed by atoms with E-state index >= 15 is 0 Å². The number of benzene rings is 23. The van der Waals surface area contributed by atoms with Crippen molar-refractivity contribution in [3.05, 3.63) is 473 Å². The van der Waals surface area contributed by atoms with Crippen molar-refractivity contribution in [1.82, 2.24) is 0 Å². The molecule has 0 saturated heterocycles. The summed E-state index contributed by atoms with van der Waals surface area (Å²) >= 11 is 0. The van der Waals surface area contributed by atoms with Gasteiger partial charge in [-0.25, -0.2) is 0 Å². The van der Waals surface area contributed by atoms with Crippen molar-refractivity contribution in [2.24, 2.45) is 0 Å². The Morgan fingerprint density at radius 3 is 0.661 bits per heavy atom.